The van der Waals surface area contributed by atoms with Gasteiger partial charge >= 0.3 is 11.6 Å². The summed E-state index contributed by atoms with van der Waals surface area (Å²) in [5, 5.41) is 0.613. The summed E-state index contributed by atoms with van der Waals surface area (Å²) in [5.41, 5.74) is 0.457. The molecule has 0 N–H and O–H groups in total. The van der Waals surface area contributed by atoms with Gasteiger partial charge < -0.3 is 9.15 Å². The third kappa shape index (κ3) is 4.70. The summed E-state index contributed by atoms with van der Waals surface area (Å²) in [4.78, 5) is 37.3. The van der Waals surface area contributed by atoms with Crippen LogP contribution in [0.1, 0.15) is 26.3 Å². The average molecular weight is 475 g/mol. The van der Waals surface area contributed by atoms with Crippen molar-refractivity contribution in [3.63, 3.8) is 0 Å². The summed E-state index contributed by atoms with van der Waals surface area (Å²) in [6, 6.07) is 22.1. The van der Waals surface area contributed by atoms with Crippen molar-refractivity contribution in [2.45, 2.75) is 0 Å². The van der Waals surface area contributed by atoms with Gasteiger partial charge in [-0.05, 0) is 54.6 Å². The van der Waals surface area contributed by atoms with E-state index in [0.29, 0.717) is 22.1 Å². The normalized spacial score (nSPS) is 11.0. The summed E-state index contributed by atoms with van der Waals surface area (Å²) in [7, 11) is 0. The van der Waals surface area contributed by atoms with Gasteiger partial charge in [0, 0.05) is 21.0 Å². The third-order valence-corrected chi connectivity index (χ3v) is 5.05. The Balaban J connectivity index is 1.58. The molecular formula is C25H15BrO5. The first kappa shape index (κ1) is 20.5. The number of ketones is 1. The molecule has 152 valence electrons. The molecule has 0 radical (unpaired) electrons. The largest absolute Gasteiger partial charge is 0.422 e. The number of ether oxygens (including phenoxy) is 1. The number of para-hydroxylation sites is 2. The maximum absolute atomic E-state index is 12.6. The molecule has 1 aromatic heterocycles. The number of carbonyl (C=O) groups excluding carboxylic acids is 2. The van der Waals surface area contributed by atoms with E-state index in [2.05, 4.69) is 15.9 Å². The van der Waals surface area contributed by atoms with Crippen molar-refractivity contribution >= 4 is 44.7 Å². The molecule has 4 rings (SSSR count). The van der Waals surface area contributed by atoms with Crippen molar-refractivity contribution in [3.05, 3.63) is 117 Å². The van der Waals surface area contributed by atoms with Crippen molar-refractivity contribution in [2.75, 3.05) is 0 Å². The van der Waals surface area contributed by atoms with E-state index < -0.39 is 11.6 Å². The zero-order valence-corrected chi connectivity index (χ0v) is 17.7. The Labute approximate surface area is 185 Å². The number of halogens is 1. The SMILES string of the molecule is O=C(C=Cc1ccccc1OC(=O)c1cc2ccccc2oc1=O)c1ccc(Br)cc1. The Kier molecular flexibility index (Phi) is 5.91. The number of hydrogen-bond acceptors (Lipinski definition) is 5. The monoisotopic (exact) mass is 474 g/mol. The minimum absolute atomic E-state index is 0.191. The van der Waals surface area contributed by atoms with Crippen LogP contribution in [0.25, 0.3) is 17.0 Å². The van der Waals surface area contributed by atoms with Crippen molar-refractivity contribution in [2.24, 2.45) is 0 Å². The maximum atomic E-state index is 12.6. The van der Waals surface area contributed by atoms with E-state index in [1.54, 1.807) is 78.9 Å². The highest BCUT2D eigenvalue weighted by atomic mass is 79.9. The highest BCUT2D eigenvalue weighted by Gasteiger charge is 2.17. The van der Waals surface area contributed by atoms with Gasteiger partial charge in [0.1, 0.15) is 16.9 Å². The van der Waals surface area contributed by atoms with E-state index in [4.69, 9.17) is 9.15 Å². The van der Waals surface area contributed by atoms with Crippen molar-refractivity contribution < 1.29 is 18.7 Å². The van der Waals surface area contributed by atoms with Crippen LogP contribution in [-0.4, -0.2) is 11.8 Å². The molecular weight excluding hydrogens is 460 g/mol. The van der Waals surface area contributed by atoms with Crippen LogP contribution in [0.5, 0.6) is 5.75 Å². The summed E-state index contributed by atoms with van der Waals surface area (Å²) in [6.07, 6.45) is 2.97. The van der Waals surface area contributed by atoms with Crippen LogP contribution in [0, 0.1) is 0 Å². The number of fused-ring (bicyclic) bond motifs is 1. The second-order valence-electron chi connectivity index (χ2n) is 6.62. The molecule has 6 heteroatoms. The zero-order chi connectivity index (χ0) is 21.8. The number of allylic oxidation sites excluding steroid dienone is 1. The van der Waals surface area contributed by atoms with Gasteiger partial charge in [-0.2, -0.15) is 0 Å². The van der Waals surface area contributed by atoms with Gasteiger partial charge in [-0.25, -0.2) is 9.59 Å². The van der Waals surface area contributed by atoms with Gasteiger partial charge in [0.25, 0.3) is 0 Å². The highest BCUT2D eigenvalue weighted by Crippen LogP contribution is 2.22. The van der Waals surface area contributed by atoms with Crippen LogP contribution in [0.2, 0.25) is 0 Å². The van der Waals surface area contributed by atoms with Gasteiger partial charge in [0.05, 0.1) is 0 Å². The minimum atomic E-state index is -0.834. The van der Waals surface area contributed by atoms with Crippen LogP contribution < -0.4 is 10.4 Å². The van der Waals surface area contributed by atoms with Crippen LogP contribution in [0.3, 0.4) is 0 Å². The quantitative estimate of drug-likeness (QED) is 0.122. The first-order chi connectivity index (χ1) is 15.0. The number of benzene rings is 3. The van der Waals surface area contributed by atoms with E-state index in [0.717, 1.165) is 4.47 Å². The van der Waals surface area contributed by atoms with Gasteiger partial charge in [-0.15, -0.1) is 0 Å². The second-order valence-corrected chi connectivity index (χ2v) is 7.53. The molecule has 0 bridgehead atoms. The van der Waals surface area contributed by atoms with Crippen molar-refractivity contribution in [1.82, 2.24) is 0 Å². The lowest BCUT2D eigenvalue weighted by Gasteiger charge is -2.07. The van der Waals surface area contributed by atoms with Crippen LogP contribution >= 0.6 is 15.9 Å². The standard InChI is InChI=1S/C25H15BrO5/c26-19-12-9-16(10-13-19)21(27)14-11-17-5-1-3-7-22(17)30-24(28)20-15-18-6-2-4-8-23(18)31-25(20)29/h1-15H. The number of hydrogen-bond donors (Lipinski definition) is 0. The van der Waals surface area contributed by atoms with E-state index >= 15 is 0 Å². The Hall–Kier alpha value is -3.77. The Bertz CT molecular complexity index is 1370. The average Bonchev–Trinajstić information content (AvgIpc) is 2.78. The van der Waals surface area contributed by atoms with Gasteiger partial charge in [-0.1, -0.05) is 52.3 Å². The fraction of sp³-hybridized carbons (Fsp3) is 0. The molecule has 0 atom stereocenters. The van der Waals surface area contributed by atoms with E-state index in [9.17, 15) is 14.4 Å². The van der Waals surface area contributed by atoms with E-state index in [1.165, 1.54) is 12.1 Å². The Morgan fingerprint density at radius 3 is 2.42 bits per heavy atom. The molecule has 0 aliphatic carbocycles. The fourth-order valence-electron chi connectivity index (χ4n) is 2.95. The third-order valence-electron chi connectivity index (χ3n) is 4.53. The van der Waals surface area contributed by atoms with Crippen LogP contribution in [0.15, 0.2) is 98.6 Å². The molecule has 1 heterocycles. The molecule has 3 aromatic carbocycles. The zero-order valence-electron chi connectivity index (χ0n) is 16.1. The molecule has 0 saturated heterocycles. The number of carbonyl (C=O) groups is 2. The Morgan fingerprint density at radius 1 is 0.903 bits per heavy atom. The number of rotatable bonds is 5. The Morgan fingerprint density at radius 2 is 1.61 bits per heavy atom. The summed E-state index contributed by atoms with van der Waals surface area (Å²) >= 11 is 3.33. The smallest absolute Gasteiger partial charge is 0.351 e. The van der Waals surface area contributed by atoms with Gasteiger partial charge in [-0.3, -0.25) is 4.79 Å². The number of esters is 1. The summed E-state index contributed by atoms with van der Waals surface area (Å²) in [5.74, 6) is -0.802. The molecule has 0 unspecified atom stereocenters. The van der Waals surface area contributed by atoms with Crippen molar-refractivity contribution in [3.8, 4) is 5.75 Å². The molecule has 0 aliphatic heterocycles. The molecule has 31 heavy (non-hydrogen) atoms. The van der Waals surface area contributed by atoms with E-state index in [-0.39, 0.29) is 17.1 Å². The molecule has 0 saturated carbocycles. The van der Waals surface area contributed by atoms with Gasteiger partial charge in [0.2, 0.25) is 0 Å². The first-order valence-electron chi connectivity index (χ1n) is 9.33. The second kappa shape index (κ2) is 8.93. The highest BCUT2D eigenvalue weighted by molar-refractivity contribution is 9.10. The molecule has 0 aliphatic rings. The molecule has 0 fully saturated rings. The van der Waals surface area contributed by atoms with Crippen LogP contribution in [0.4, 0.5) is 0 Å². The van der Waals surface area contributed by atoms with Gasteiger partial charge in [0.15, 0.2) is 5.78 Å². The summed E-state index contributed by atoms with van der Waals surface area (Å²) in [6.45, 7) is 0. The first-order valence-corrected chi connectivity index (χ1v) is 10.1. The topological polar surface area (TPSA) is 73.6 Å². The molecule has 4 aromatic rings. The molecule has 0 amide bonds. The fourth-order valence-corrected chi connectivity index (χ4v) is 3.21. The van der Waals surface area contributed by atoms with E-state index in [1.807, 2.05) is 0 Å². The van der Waals surface area contributed by atoms with Crippen molar-refractivity contribution in [1.29, 1.82) is 0 Å². The minimum Gasteiger partial charge on any atom is -0.422 e. The lowest BCUT2D eigenvalue weighted by atomic mass is 10.1. The lowest BCUT2D eigenvalue weighted by Crippen LogP contribution is -2.19. The molecule has 5 nitrogen and oxygen atoms in total. The maximum Gasteiger partial charge on any atom is 0.351 e. The van der Waals surface area contributed by atoms with Crippen LogP contribution in [-0.2, 0) is 0 Å². The predicted molar refractivity (Wildman–Crippen MR) is 121 cm³/mol. The predicted octanol–water partition coefficient (Wildman–Crippen LogP) is 5.67. The molecule has 0 spiro atoms. The summed E-state index contributed by atoms with van der Waals surface area (Å²) < 4.78 is 11.5. The lowest BCUT2D eigenvalue weighted by molar-refractivity contribution is 0.0730.